The number of rotatable bonds is 6. The standard InChI is InChI=1S/C18H25ClFN7.HI/c1-21-18(23-11-16-24-12-25-26(16)2)22-10-15(27-8-3-4-9-27)17-13(19)6-5-7-14(17)20;/h5-7,12,15H,3-4,8-11H2,1-2H3,(H2,21,22,23);1H. The van der Waals surface area contributed by atoms with Crippen molar-refractivity contribution in [2.45, 2.75) is 25.4 Å². The fraction of sp³-hybridized carbons (Fsp3) is 0.500. The fourth-order valence-corrected chi connectivity index (χ4v) is 3.64. The highest BCUT2D eigenvalue weighted by Crippen LogP contribution is 2.31. The van der Waals surface area contributed by atoms with Crippen molar-refractivity contribution in [3.05, 3.63) is 46.8 Å². The molecule has 0 saturated carbocycles. The van der Waals surface area contributed by atoms with Crippen LogP contribution >= 0.6 is 35.6 Å². The van der Waals surface area contributed by atoms with Gasteiger partial charge in [0, 0.05) is 31.2 Å². The molecule has 0 aliphatic carbocycles. The molecule has 0 spiro atoms. The second-order valence-electron chi connectivity index (χ2n) is 6.50. The van der Waals surface area contributed by atoms with E-state index in [1.54, 1.807) is 23.9 Å². The zero-order chi connectivity index (χ0) is 19.2. The smallest absolute Gasteiger partial charge is 0.191 e. The molecular weight excluding hydrogens is 496 g/mol. The lowest BCUT2D eigenvalue weighted by Gasteiger charge is -2.29. The first-order valence-corrected chi connectivity index (χ1v) is 9.43. The van der Waals surface area contributed by atoms with Crippen molar-refractivity contribution in [2.24, 2.45) is 12.0 Å². The number of likely N-dealkylation sites (tertiary alicyclic amines) is 1. The van der Waals surface area contributed by atoms with Crippen LogP contribution in [0.5, 0.6) is 0 Å². The van der Waals surface area contributed by atoms with E-state index in [0.29, 0.717) is 29.6 Å². The van der Waals surface area contributed by atoms with Crippen molar-refractivity contribution >= 4 is 41.5 Å². The van der Waals surface area contributed by atoms with Crippen molar-refractivity contribution in [3.8, 4) is 0 Å². The van der Waals surface area contributed by atoms with E-state index in [9.17, 15) is 4.39 Å². The Morgan fingerprint density at radius 3 is 2.68 bits per heavy atom. The number of nitrogens with zero attached hydrogens (tertiary/aromatic N) is 5. The second kappa shape index (κ2) is 10.9. The van der Waals surface area contributed by atoms with Gasteiger partial charge in [-0.25, -0.2) is 9.37 Å². The monoisotopic (exact) mass is 521 g/mol. The highest BCUT2D eigenvalue weighted by atomic mass is 127. The van der Waals surface area contributed by atoms with Crippen molar-refractivity contribution in [1.29, 1.82) is 0 Å². The van der Waals surface area contributed by atoms with Gasteiger partial charge in [0.15, 0.2) is 5.96 Å². The molecule has 7 nitrogen and oxygen atoms in total. The Kier molecular flexibility index (Phi) is 8.90. The van der Waals surface area contributed by atoms with Crippen LogP contribution in [0.4, 0.5) is 4.39 Å². The molecule has 1 aliphatic rings. The lowest BCUT2D eigenvalue weighted by atomic mass is 10.0. The van der Waals surface area contributed by atoms with Gasteiger partial charge in [-0.15, -0.1) is 24.0 Å². The maximum atomic E-state index is 14.5. The van der Waals surface area contributed by atoms with Gasteiger partial charge in [0.2, 0.25) is 0 Å². The SMILES string of the molecule is CN=C(NCc1ncnn1C)NCC(c1c(F)cccc1Cl)N1CCCC1.I. The van der Waals surface area contributed by atoms with Crippen LogP contribution in [0.2, 0.25) is 5.02 Å². The van der Waals surface area contributed by atoms with Gasteiger partial charge >= 0.3 is 0 Å². The Bertz CT molecular complexity index is 772. The van der Waals surface area contributed by atoms with E-state index in [1.807, 2.05) is 7.05 Å². The maximum Gasteiger partial charge on any atom is 0.191 e. The average molecular weight is 522 g/mol. The van der Waals surface area contributed by atoms with Crippen LogP contribution in [-0.2, 0) is 13.6 Å². The molecule has 28 heavy (non-hydrogen) atoms. The molecule has 2 aromatic rings. The number of halogens is 3. The summed E-state index contributed by atoms with van der Waals surface area (Å²) in [5.74, 6) is 1.14. The number of guanidine groups is 1. The van der Waals surface area contributed by atoms with Crippen molar-refractivity contribution in [3.63, 3.8) is 0 Å². The summed E-state index contributed by atoms with van der Waals surface area (Å²) in [6.45, 7) is 2.86. The summed E-state index contributed by atoms with van der Waals surface area (Å²) in [5, 5.41) is 11.0. The molecule has 10 heteroatoms. The van der Waals surface area contributed by atoms with E-state index < -0.39 is 0 Å². The van der Waals surface area contributed by atoms with Crippen LogP contribution in [0, 0.1) is 5.82 Å². The minimum Gasteiger partial charge on any atom is -0.354 e. The predicted molar refractivity (Wildman–Crippen MR) is 120 cm³/mol. The van der Waals surface area contributed by atoms with Crippen LogP contribution in [0.15, 0.2) is 29.5 Å². The van der Waals surface area contributed by atoms with Gasteiger partial charge in [-0.1, -0.05) is 17.7 Å². The molecule has 154 valence electrons. The summed E-state index contributed by atoms with van der Waals surface area (Å²) in [4.78, 5) is 10.7. The number of aromatic nitrogens is 3. The third kappa shape index (κ3) is 5.54. The van der Waals surface area contributed by atoms with E-state index in [2.05, 4.69) is 30.6 Å². The zero-order valence-electron chi connectivity index (χ0n) is 16.0. The van der Waals surface area contributed by atoms with Crippen molar-refractivity contribution < 1.29 is 4.39 Å². The lowest BCUT2D eigenvalue weighted by Crippen LogP contribution is -2.43. The predicted octanol–water partition coefficient (Wildman–Crippen LogP) is 2.73. The number of hydrogen-bond acceptors (Lipinski definition) is 4. The minimum atomic E-state index is -0.275. The molecule has 1 saturated heterocycles. The number of aliphatic imine (C=N–C) groups is 1. The molecule has 0 bridgehead atoms. The van der Waals surface area contributed by atoms with Crippen LogP contribution in [0.25, 0.3) is 0 Å². The number of nitrogens with one attached hydrogen (secondary N) is 2. The second-order valence-corrected chi connectivity index (χ2v) is 6.91. The molecule has 1 aliphatic heterocycles. The van der Waals surface area contributed by atoms with E-state index in [-0.39, 0.29) is 35.8 Å². The van der Waals surface area contributed by atoms with Gasteiger partial charge in [-0.3, -0.25) is 14.6 Å². The Balaban J connectivity index is 0.00000280. The lowest BCUT2D eigenvalue weighted by molar-refractivity contribution is 0.240. The molecule has 0 radical (unpaired) electrons. The Labute approximate surface area is 186 Å². The molecule has 0 amide bonds. The highest BCUT2D eigenvalue weighted by molar-refractivity contribution is 14.0. The van der Waals surface area contributed by atoms with Crippen LogP contribution in [-0.4, -0.2) is 52.3 Å². The summed E-state index contributed by atoms with van der Waals surface area (Å²) < 4.78 is 16.2. The first-order valence-electron chi connectivity index (χ1n) is 9.05. The summed E-state index contributed by atoms with van der Waals surface area (Å²) in [5.41, 5.74) is 0.539. The fourth-order valence-electron chi connectivity index (χ4n) is 3.35. The summed E-state index contributed by atoms with van der Waals surface area (Å²) in [7, 11) is 3.54. The molecule has 2 heterocycles. The van der Waals surface area contributed by atoms with Gasteiger partial charge in [0.1, 0.15) is 18.0 Å². The van der Waals surface area contributed by atoms with Gasteiger partial charge in [-0.2, -0.15) is 5.10 Å². The molecule has 1 aromatic carbocycles. The van der Waals surface area contributed by atoms with Gasteiger partial charge in [0.25, 0.3) is 0 Å². The average Bonchev–Trinajstić information content (AvgIpc) is 3.32. The van der Waals surface area contributed by atoms with Crippen molar-refractivity contribution in [2.75, 3.05) is 26.7 Å². The first kappa shape index (κ1) is 22.8. The van der Waals surface area contributed by atoms with Gasteiger partial charge in [-0.05, 0) is 38.1 Å². The molecule has 1 aromatic heterocycles. The van der Waals surface area contributed by atoms with Gasteiger partial charge < -0.3 is 10.6 Å². The number of hydrogen-bond donors (Lipinski definition) is 2. The normalized spacial score (nSPS) is 15.9. The first-order chi connectivity index (χ1) is 13.1. The summed E-state index contributed by atoms with van der Waals surface area (Å²) >= 11 is 6.34. The van der Waals surface area contributed by atoms with Gasteiger partial charge in [0.05, 0.1) is 12.6 Å². The Morgan fingerprint density at radius 1 is 1.32 bits per heavy atom. The molecular formula is C18H26ClFIN7. The topological polar surface area (TPSA) is 70.4 Å². The molecule has 1 unspecified atom stereocenters. The maximum absolute atomic E-state index is 14.5. The van der Waals surface area contributed by atoms with E-state index in [4.69, 9.17) is 11.6 Å². The largest absolute Gasteiger partial charge is 0.354 e. The molecule has 1 fully saturated rings. The highest BCUT2D eigenvalue weighted by Gasteiger charge is 2.27. The third-order valence-corrected chi connectivity index (χ3v) is 5.15. The minimum absolute atomic E-state index is 0. The van der Waals surface area contributed by atoms with Crippen LogP contribution in [0.3, 0.4) is 0 Å². The molecule has 2 N–H and O–H groups in total. The Hall–Kier alpha value is -1.46. The third-order valence-electron chi connectivity index (χ3n) is 4.82. The van der Waals surface area contributed by atoms with E-state index in [1.165, 1.54) is 12.4 Å². The Morgan fingerprint density at radius 2 is 2.07 bits per heavy atom. The number of aryl methyl sites for hydroxylation is 1. The zero-order valence-corrected chi connectivity index (χ0v) is 19.1. The van der Waals surface area contributed by atoms with Crippen LogP contribution in [0.1, 0.15) is 30.3 Å². The molecule has 1 atom stereocenters. The van der Waals surface area contributed by atoms with Crippen LogP contribution < -0.4 is 10.6 Å². The number of benzene rings is 1. The summed E-state index contributed by atoms with van der Waals surface area (Å²) in [6, 6.07) is 4.68. The van der Waals surface area contributed by atoms with E-state index in [0.717, 1.165) is 31.8 Å². The van der Waals surface area contributed by atoms with E-state index >= 15 is 0 Å². The molecule has 3 rings (SSSR count). The quantitative estimate of drug-likeness (QED) is 0.348. The summed E-state index contributed by atoms with van der Waals surface area (Å²) in [6.07, 6.45) is 3.74. The van der Waals surface area contributed by atoms with Crippen molar-refractivity contribution in [1.82, 2.24) is 30.3 Å².